The molecule has 16 heavy (non-hydrogen) atoms. The van der Waals surface area contributed by atoms with Crippen LogP contribution in [0.25, 0.3) is 0 Å². The van der Waals surface area contributed by atoms with E-state index in [1.54, 1.807) is 0 Å². The normalized spacial score (nSPS) is 17.8. The van der Waals surface area contributed by atoms with Crippen molar-refractivity contribution >= 4 is 0 Å². The van der Waals surface area contributed by atoms with Crippen molar-refractivity contribution in [1.82, 2.24) is 4.90 Å². The van der Waals surface area contributed by atoms with Crippen molar-refractivity contribution in [3.8, 4) is 0 Å². The number of nitrogens with two attached hydrogens (primary N) is 1. The third kappa shape index (κ3) is 5.14. The first-order chi connectivity index (χ1) is 7.53. The quantitative estimate of drug-likeness (QED) is 0.736. The van der Waals surface area contributed by atoms with Gasteiger partial charge in [-0.05, 0) is 32.4 Å². The molecule has 0 bridgehead atoms. The molecule has 0 unspecified atom stereocenters. The lowest BCUT2D eigenvalue weighted by Crippen LogP contribution is -2.43. The van der Waals surface area contributed by atoms with Gasteiger partial charge in [0.05, 0.1) is 6.61 Å². The Morgan fingerprint density at radius 3 is 2.38 bits per heavy atom. The van der Waals surface area contributed by atoms with Gasteiger partial charge in [-0.25, -0.2) is 0 Å². The summed E-state index contributed by atoms with van der Waals surface area (Å²) >= 11 is 0. The average Bonchev–Trinajstić information content (AvgIpc) is 2.08. The zero-order valence-electron chi connectivity index (χ0n) is 9.30. The van der Waals surface area contributed by atoms with Gasteiger partial charge in [0.1, 0.15) is 0 Å². The van der Waals surface area contributed by atoms with E-state index in [2.05, 4.69) is 9.64 Å². The molecule has 96 valence electrons. The maximum atomic E-state index is 11.8. The largest absolute Gasteiger partial charge is 0.522 e. The maximum absolute atomic E-state index is 11.8. The van der Waals surface area contributed by atoms with E-state index < -0.39 is 6.36 Å². The minimum Gasteiger partial charge on any atom is -0.330 e. The molecule has 0 aromatic rings. The van der Waals surface area contributed by atoms with E-state index >= 15 is 0 Å². The molecule has 2 N–H and O–H groups in total. The van der Waals surface area contributed by atoms with E-state index in [9.17, 15) is 13.2 Å². The summed E-state index contributed by atoms with van der Waals surface area (Å²) in [5, 5.41) is 0. The molecule has 1 fully saturated rings. The molecule has 6 heteroatoms. The van der Waals surface area contributed by atoms with Crippen molar-refractivity contribution in [1.29, 1.82) is 0 Å². The monoisotopic (exact) mass is 240 g/mol. The number of hydrogen-bond donors (Lipinski definition) is 1. The number of rotatable bonds is 7. The van der Waals surface area contributed by atoms with Crippen LogP contribution in [-0.2, 0) is 4.74 Å². The summed E-state index contributed by atoms with van der Waals surface area (Å²) in [6, 6.07) is 0.434. The lowest BCUT2D eigenvalue weighted by molar-refractivity contribution is -0.325. The third-order valence-corrected chi connectivity index (χ3v) is 2.88. The highest BCUT2D eigenvalue weighted by atomic mass is 19.4. The van der Waals surface area contributed by atoms with Gasteiger partial charge >= 0.3 is 6.36 Å². The molecule has 1 aliphatic rings. The van der Waals surface area contributed by atoms with Crippen molar-refractivity contribution in [2.45, 2.75) is 38.1 Å². The first kappa shape index (κ1) is 13.7. The van der Waals surface area contributed by atoms with Crippen molar-refractivity contribution in [2.24, 2.45) is 5.73 Å². The second kappa shape index (κ2) is 6.42. The summed E-state index contributed by atoms with van der Waals surface area (Å²) in [6.07, 6.45) is -0.362. The Bertz CT molecular complexity index is 195. The fraction of sp³-hybridized carbons (Fsp3) is 1.00. The van der Waals surface area contributed by atoms with E-state index in [-0.39, 0.29) is 6.61 Å². The molecule has 0 radical (unpaired) electrons. The van der Waals surface area contributed by atoms with Crippen molar-refractivity contribution in [3.63, 3.8) is 0 Å². The van der Waals surface area contributed by atoms with Gasteiger partial charge in [-0.2, -0.15) is 0 Å². The van der Waals surface area contributed by atoms with Gasteiger partial charge in [-0.15, -0.1) is 13.2 Å². The fourth-order valence-electron chi connectivity index (χ4n) is 1.80. The predicted octanol–water partition coefficient (Wildman–Crippen LogP) is 1.73. The minimum absolute atomic E-state index is 0.287. The molecule has 1 rings (SSSR count). The highest BCUT2D eigenvalue weighted by Crippen LogP contribution is 2.25. The Morgan fingerprint density at radius 2 is 1.94 bits per heavy atom. The SMILES string of the molecule is NCCCN(CCOC(F)(F)F)C1CCC1. The molecular weight excluding hydrogens is 221 g/mol. The molecule has 1 saturated carbocycles. The summed E-state index contributed by atoms with van der Waals surface area (Å²) in [5.74, 6) is 0. The topological polar surface area (TPSA) is 38.5 Å². The Morgan fingerprint density at radius 1 is 1.25 bits per heavy atom. The molecule has 3 nitrogen and oxygen atoms in total. The average molecular weight is 240 g/mol. The molecule has 0 amide bonds. The summed E-state index contributed by atoms with van der Waals surface area (Å²) in [7, 11) is 0. The summed E-state index contributed by atoms with van der Waals surface area (Å²) in [4.78, 5) is 2.06. The Hall–Kier alpha value is -0.330. The Labute approximate surface area is 93.7 Å². The summed E-state index contributed by atoms with van der Waals surface area (Å²) < 4.78 is 39.2. The zero-order chi connectivity index (χ0) is 12.0. The third-order valence-electron chi connectivity index (χ3n) is 2.88. The van der Waals surface area contributed by atoms with Gasteiger partial charge in [-0.3, -0.25) is 9.64 Å². The van der Waals surface area contributed by atoms with Crippen LogP contribution in [-0.4, -0.2) is 43.5 Å². The van der Waals surface area contributed by atoms with Gasteiger partial charge in [0.2, 0.25) is 0 Å². The molecule has 0 aromatic heterocycles. The van der Waals surface area contributed by atoms with Gasteiger partial charge in [-0.1, -0.05) is 6.42 Å². The van der Waals surface area contributed by atoms with Crippen LogP contribution >= 0.6 is 0 Å². The predicted molar refractivity (Wildman–Crippen MR) is 54.9 cm³/mol. The Kier molecular flexibility index (Phi) is 5.51. The van der Waals surface area contributed by atoms with Crippen molar-refractivity contribution in [2.75, 3.05) is 26.2 Å². The van der Waals surface area contributed by atoms with Crippen molar-refractivity contribution < 1.29 is 17.9 Å². The van der Waals surface area contributed by atoms with Gasteiger partial charge in [0, 0.05) is 12.6 Å². The number of nitrogens with zero attached hydrogens (tertiary/aromatic N) is 1. The van der Waals surface area contributed by atoms with Gasteiger partial charge in [0.15, 0.2) is 0 Å². The molecule has 0 heterocycles. The zero-order valence-corrected chi connectivity index (χ0v) is 9.30. The van der Waals surface area contributed by atoms with E-state index in [1.165, 1.54) is 6.42 Å². The summed E-state index contributed by atoms with van der Waals surface area (Å²) in [5.41, 5.74) is 5.40. The molecule has 0 atom stereocenters. The number of alkyl halides is 3. The standard InChI is InChI=1S/C10H19F3N2O/c11-10(12,13)16-8-7-15(6-2-5-14)9-3-1-4-9/h9H,1-8,14H2. The highest BCUT2D eigenvalue weighted by Gasteiger charge is 2.30. The molecule has 0 spiro atoms. The molecule has 0 aromatic carbocycles. The van der Waals surface area contributed by atoms with Crippen LogP contribution in [0.3, 0.4) is 0 Å². The summed E-state index contributed by atoms with van der Waals surface area (Å²) in [6.45, 7) is 1.39. The smallest absolute Gasteiger partial charge is 0.330 e. The van der Waals surface area contributed by atoms with Crippen LogP contribution in [0.5, 0.6) is 0 Å². The highest BCUT2D eigenvalue weighted by molar-refractivity contribution is 4.79. The van der Waals surface area contributed by atoms with Crippen LogP contribution in [0.1, 0.15) is 25.7 Å². The maximum Gasteiger partial charge on any atom is 0.522 e. The van der Waals surface area contributed by atoms with E-state index in [4.69, 9.17) is 5.73 Å². The van der Waals surface area contributed by atoms with Gasteiger partial charge < -0.3 is 5.73 Å². The van der Waals surface area contributed by atoms with E-state index in [0.29, 0.717) is 19.1 Å². The van der Waals surface area contributed by atoms with Crippen LogP contribution in [0, 0.1) is 0 Å². The number of halogens is 3. The first-order valence-electron chi connectivity index (χ1n) is 5.68. The minimum atomic E-state index is -4.51. The molecule has 0 saturated heterocycles. The van der Waals surface area contributed by atoms with Crippen molar-refractivity contribution in [3.05, 3.63) is 0 Å². The van der Waals surface area contributed by atoms with E-state index in [1.807, 2.05) is 0 Å². The van der Waals surface area contributed by atoms with E-state index in [0.717, 1.165) is 25.8 Å². The lowest BCUT2D eigenvalue weighted by atomic mass is 9.91. The van der Waals surface area contributed by atoms with Crippen LogP contribution in [0.2, 0.25) is 0 Å². The van der Waals surface area contributed by atoms with Crippen LogP contribution < -0.4 is 5.73 Å². The van der Waals surface area contributed by atoms with Crippen LogP contribution in [0.15, 0.2) is 0 Å². The lowest BCUT2D eigenvalue weighted by Gasteiger charge is -2.37. The van der Waals surface area contributed by atoms with Crippen LogP contribution in [0.4, 0.5) is 13.2 Å². The first-order valence-corrected chi connectivity index (χ1v) is 5.68. The van der Waals surface area contributed by atoms with Gasteiger partial charge in [0.25, 0.3) is 0 Å². The number of hydrogen-bond acceptors (Lipinski definition) is 3. The molecule has 1 aliphatic carbocycles. The fourth-order valence-corrected chi connectivity index (χ4v) is 1.80. The molecule has 0 aliphatic heterocycles. The second-order valence-electron chi connectivity index (χ2n) is 4.06. The number of ether oxygens (including phenoxy) is 1. The second-order valence-corrected chi connectivity index (χ2v) is 4.06. The Balaban J connectivity index is 2.21. The molecular formula is C10H19F3N2O.